The molecule has 0 atom stereocenters. The zero-order valence-electron chi connectivity index (χ0n) is 18.8. The summed E-state index contributed by atoms with van der Waals surface area (Å²) < 4.78 is 5.34. The summed E-state index contributed by atoms with van der Waals surface area (Å²) >= 11 is 3.38. The van der Waals surface area contributed by atoms with Crippen LogP contribution < -0.4 is 4.74 Å². The minimum atomic E-state index is -0.0570. The topological polar surface area (TPSA) is 62.7 Å². The number of ether oxygens (including phenoxy) is 1. The smallest absolute Gasteiger partial charge is 0.257 e. The van der Waals surface area contributed by atoms with Crippen molar-refractivity contribution in [3.63, 3.8) is 0 Å². The van der Waals surface area contributed by atoms with Crippen molar-refractivity contribution in [3.8, 4) is 5.75 Å². The Hall–Kier alpha value is -2.84. The molecule has 2 amide bonds. The molecule has 4 rings (SSSR count). The summed E-state index contributed by atoms with van der Waals surface area (Å²) in [6.07, 6.45) is 0.744. The maximum atomic E-state index is 13.1. The van der Waals surface area contributed by atoms with Crippen LogP contribution in [0.25, 0.3) is 0 Å². The first kappa shape index (κ1) is 23.3. The van der Waals surface area contributed by atoms with Gasteiger partial charge in [-0.1, -0.05) is 12.1 Å². The van der Waals surface area contributed by atoms with Crippen molar-refractivity contribution < 1.29 is 14.3 Å². The number of methoxy groups -OCH3 is 1. The Kier molecular flexibility index (Phi) is 7.67. The standard InChI is InChI=1S/C25H27N3O3S2/c1-18-26-20(16-32-18)17-33-21-10-8-19(9-11-21)24(29)27-12-5-13-28(15-14-27)25(30)22-6-3-4-7-23(22)31-2/h3-4,6-11,16H,5,12-15,17H2,1-2H3. The Balaban J connectivity index is 1.34. The number of para-hydroxylation sites is 1. The van der Waals surface area contributed by atoms with Gasteiger partial charge in [0.1, 0.15) is 5.75 Å². The summed E-state index contributed by atoms with van der Waals surface area (Å²) in [5, 5.41) is 3.16. The van der Waals surface area contributed by atoms with Gasteiger partial charge in [0.25, 0.3) is 11.8 Å². The number of hydrogen-bond acceptors (Lipinski definition) is 6. The van der Waals surface area contributed by atoms with Gasteiger partial charge in [0.2, 0.25) is 0 Å². The molecule has 1 aromatic heterocycles. The molecule has 0 bridgehead atoms. The van der Waals surface area contributed by atoms with Crippen LogP contribution >= 0.6 is 23.1 Å². The van der Waals surface area contributed by atoms with E-state index in [1.165, 1.54) is 0 Å². The number of aromatic nitrogens is 1. The predicted octanol–water partition coefficient (Wildman–Crippen LogP) is 4.74. The quantitative estimate of drug-likeness (QED) is 0.476. The number of hydrogen-bond donors (Lipinski definition) is 0. The summed E-state index contributed by atoms with van der Waals surface area (Å²) in [7, 11) is 1.57. The molecule has 172 valence electrons. The lowest BCUT2D eigenvalue weighted by Crippen LogP contribution is -2.37. The highest BCUT2D eigenvalue weighted by Gasteiger charge is 2.25. The van der Waals surface area contributed by atoms with Gasteiger partial charge in [0.05, 0.1) is 23.4 Å². The van der Waals surface area contributed by atoms with Crippen LogP contribution in [0.3, 0.4) is 0 Å². The second-order valence-electron chi connectivity index (χ2n) is 7.81. The number of amides is 2. The van der Waals surface area contributed by atoms with Crippen LogP contribution in [0.4, 0.5) is 0 Å². The van der Waals surface area contributed by atoms with Crippen LogP contribution in [0.1, 0.15) is 37.8 Å². The molecule has 33 heavy (non-hydrogen) atoms. The third-order valence-electron chi connectivity index (χ3n) is 5.56. The third kappa shape index (κ3) is 5.75. The molecule has 0 saturated carbocycles. The molecule has 0 unspecified atom stereocenters. The molecule has 2 heterocycles. The van der Waals surface area contributed by atoms with Crippen LogP contribution in [0.5, 0.6) is 5.75 Å². The summed E-state index contributed by atoms with van der Waals surface area (Å²) in [5.41, 5.74) is 2.31. The van der Waals surface area contributed by atoms with Crippen LogP contribution in [-0.4, -0.2) is 59.9 Å². The van der Waals surface area contributed by atoms with E-state index in [0.29, 0.717) is 43.1 Å². The van der Waals surface area contributed by atoms with E-state index < -0.39 is 0 Å². The van der Waals surface area contributed by atoms with E-state index in [2.05, 4.69) is 10.4 Å². The van der Waals surface area contributed by atoms with E-state index in [1.807, 2.05) is 53.1 Å². The Morgan fingerprint density at radius 3 is 2.36 bits per heavy atom. The van der Waals surface area contributed by atoms with Crippen molar-refractivity contribution in [2.75, 3.05) is 33.3 Å². The summed E-state index contributed by atoms with van der Waals surface area (Å²) in [4.78, 5) is 35.4. The normalized spacial score (nSPS) is 14.1. The lowest BCUT2D eigenvalue weighted by Gasteiger charge is -2.23. The first-order valence-corrected chi connectivity index (χ1v) is 12.8. The highest BCUT2D eigenvalue weighted by molar-refractivity contribution is 7.98. The number of nitrogens with zero attached hydrogens (tertiary/aromatic N) is 3. The molecule has 1 aliphatic heterocycles. The molecule has 3 aromatic rings. The van der Waals surface area contributed by atoms with Crippen LogP contribution in [-0.2, 0) is 5.75 Å². The fourth-order valence-corrected chi connectivity index (χ4v) is 5.33. The number of carbonyl (C=O) groups excluding carboxylic acids is 2. The van der Waals surface area contributed by atoms with Gasteiger partial charge in [-0.15, -0.1) is 23.1 Å². The van der Waals surface area contributed by atoms with Gasteiger partial charge in [-0.3, -0.25) is 9.59 Å². The number of thioether (sulfide) groups is 1. The van der Waals surface area contributed by atoms with Crippen molar-refractivity contribution in [2.45, 2.75) is 24.0 Å². The zero-order valence-corrected chi connectivity index (χ0v) is 20.5. The van der Waals surface area contributed by atoms with E-state index in [1.54, 1.807) is 42.3 Å². The van der Waals surface area contributed by atoms with Crippen molar-refractivity contribution in [1.29, 1.82) is 0 Å². The molecular weight excluding hydrogens is 454 g/mol. The van der Waals surface area contributed by atoms with Gasteiger partial charge >= 0.3 is 0 Å². The fourth-order valence-electron chi connectivity index (χ4n) is 3.82. The average molecular weight is 482 g/mol. The fraction of sp³-hybridized carbons (Fsp3) is 0.320. The number of rotatable bonds is 6. The molecular formula is C25H27N3O3S2. The average Bonchev–Trinajstić information content (AvgIpc) is 3.12. The maximum Gasteiger partial charge on any atom is 0.257 e. The van der Waals surface area contributed by atoms with E-state index in [9.17, 15) is 9.59 Å². The summed E-state index contributed by atoms with van der Waals surface area (Å²) in [6, 6.07) is 15.0. The second-order valence-corrected chi connectivity index (χ2v) is 9.92. The van der Waals surface area contributed by atoms with Crippen LogP contribution in [0, 0.1) is 6.92 Å². The molecule has 0 radical (unpaired) electrons. The molecule has 1 aliphatic rings. The van der Waals surface area contributed by atoms with Gasteiger partial charge in [-0.05, 0) is 49.7 Å². The van der Waals surface area contributed by atoms with E-state index in [0.717, 1.165) is 27.8 Å². The summed E-state index contributed by atoms with van der Waals surface area (Å²) in [6.45, 7) is 4.28. The zero-order chi connectivity index (χ0) is 23.2. The molecule has 0 N–H and O–H groups in total. The number of carbonyl (C=O) groups is 2. The van der Waals surface area contributed by atoms with E-state index in [-0.39, 0.29) is 11.8 Å². The van der Waals surface area contributed by atoms with Crippen LogP contribution in [0.2, 0.25) is 0 Å². The second kappa shape index (κ2) is 10.9. The number of aryl methyl sites for hydroxylation is 1. The summed E-state index contributed by atoms with van der Waals surface area (Å²) in [5.74, 6) is 1.34. The van der Waals surface area contributed by atoms with Crippen molar-refractivity contribution in [2.24, 2.45) is 0 Å². The van der Waals surface area contributed by atoms with E-state index in [4.69, 9.17) is 4.74 Å². The predicted molar refractivity (Wildman–Crippen MR) is 132 cm³/mol. The van der Waals surface area contributed by atoms with Crippen molar-refractivity contribution >= 4 is 34.9 Å². The number of benzene rings is 2. The van der Waals surface area contributed by atoms with Gasteiger partial charge in [-0.25, -0.2) is 4.98 Å². The van der Waals surface area contributed by atoms with Crippen molar-refractivity contribution in [3.05, 3.63) is 75.7 Å². The first-order chi connectivity index (χ1) is 16.0. The molecule has 6 nitrogen and oxygen atoms in total. The molecule has 8 heteroatoms. The third-order valence-corrected chi connectivity index (χ3v) is 7.43. The Bertz CT molecular complexity index is 1110. The number of thiazole rings is 1. The Morgan fingerprint density at radius 1 is 1.00 bits per heavy atom. The van der Waals surface area contributed by atoms with Gasteiger partial charge in [-0.2, -0.15) is 0 Å². The monoisotopic (exact) mass is 481 g/mol. The largest absolute Gasteiger partial charge is 0.496 e. The minimum absolute atomic E-state index is 0.00765. The maximum absolute atomic E-state index is 13.1. The molecule has 0 aliphatic carbocycles. The first-order valence-electron chi connectivity index (χ1n) is 10.9. The SMILES string of the molecule is COc1ccccc1C(=O)N1CCCN(C(=O)c2ccc(SCc3csc(C)n3)cc2)CC1. The molecule has 2 aromatic carbocycles. The highest BCUT2D eigenvalue weighted by atomic mass is 32.2. The highest BCUT2D eigenvalue weighted by Crippen LogP contribution is 2.25. The Labute approximate surface area is 202 Å². The van der Waals surface area contributed by atoms with Crippen LogP contribution in [0.15, 0.2) is 58.8 Å². The van der Waals surface area contributed by atoms with Crippen molar-refractivity contribution in [1.82, 2.24) is 14.8 Å². The van der Waals surface area contributed by atoms with Gasteiger partial charge in [0, 0.05) is 47.8 Å². The lowest BCUT2D eigenvalue weighted by atomic mass is 10.1. The van der Waals surface area contributed by atoms with Gasteiger partial charge in [0.15, 0.2) is 0 Å². The van der Waals surface area contributed by atoms with Gasteiger partial charge < -0.3 is 14.5 Å². The Morgan fingerprint density at radius 2 is 1.70 bits per heavy atom. The molecule has 0 spiro atoms. The molecule has 1 fully saturated rings. The lowest BCUT2D eigenvalue weighted by molar-refractivity contribution is 0.0717. The molecule has 1 saturated heterocycles. The minimum Gasteiger partial charge on any atom is -0.496 e. The van der Waals surface area contributed by atoms with E-state index >= 15 is 0 Å².